The van der Waals surface area contributed by atoms with Crippen molar-refractivity contribution in [2.75, 3.05) is 32.8 Å². The van der Waals surface area contributed by atoms with Gasteiger partial charge in [-0.05, 0) is 26.0 Å². The molecule has 1 amide bonds. The highest BCUT2D eigenvalue weighted by Crippen LogP contribution is 2.08. The Balaban J connectivity index is 1.56. The van der Waals surface area contributed by atoms with Gasteiger partial charge in [0.1, 0.15) is 0 Å². The number of nitrogens with one attached hydrogen (secondary N) is 1. The highest BCUT2D eigenvalue weighted by molar-refractivity contribution is 5.91. The van der Waals surface area contributed by atoms with E-state index in [9.17, 15) is 4.79 Å². The Labute approximate surface area is 141 Å². The standard InChI is InChI=1S/C17H23N5O2/c1-13-3-5-15(6-4-13)22-12-16(19-20-22)17(23)18-11-14(2)21-7-9-24-10-8-21/h3-6,12,14H,7-11H2,1-2H3,(H,18,23)/t14-/m0/s1. The van der Waals surface area contributed by atoms with Crippen molar-refractivity contribution < 1.29 is 9.53 Å². The van der Waals surface area contributed by atoms with E-state index in [2.05, 4.69) is 27.5 Å². The Bertz CT molecular complexity index is 677. The number of morpholine rings is 1. The van der Waals surface area contributed by atoms with Gasteiger partial charge < -0.3 is 10.1 Å². The van der Waals surface area contributed by atoms with E-state index >= 15 is 0 Å². The number of rotatable bonds is 5. The van der Waals surface area contributed by atoms with Gasteiger partial charge in [-0.3, -0.25) is 9.69 Å². The lowest BCUT2D eigenvalue weighted by Gasteiger charge is -2.32. The topological polar surface area (TPSA) is 72.3 Å². The van der Waals surface area contributed by atoms with Crippen molar-refractivity contribution in [3.05, 3.63) is 41.7 Å². The number of hydrogen-bond acceptors (Lipinski definition) is 5. The Kier molecular flexibility index (Phi) is 5.22. The predicted octanol–water partition coefficient (Wildman–Crippen LogP) is 1.03. The van der Waals surface area contributed by atoms with Crippen LogP contribution in [0.2, 0.25) is 0 Å². The molecule has 7 nitrogen and oxygen atoms in total. The largest absolute Gasteiger partial charge is 0.379 e. The van der Waals surface area contributed by atoms with Crippen molar-refractivity contribution in [3.63, 3.8) is 0 Å². The Hall–Kier alpha value is -2.25. The van der Waals surface area contributed by atoms with Gasteiger partial charge in [-0.25, -0.2) is 4.68 Å². The van der Waals surface area contributed by atoms with Crippen molar-refractivity contribution >= 4 is 5.91 Å². The van der Waals surface area contributed by atoms with E-state index in [0.717, 1.165) is 32.0 Å². The van der Waals surface area contributed by atoms with E-state index < -0.39 is 0 Å². The number of aryl methyl sites for hydroxylation is 1. The van der Waals surface area contributed by atoms with E-state index in [4.69, 9.17) is 4.74 Å². The van der Waals surface area contributed by atoms with Crippen LogP contribution in [0, 0.1) is 6.92 Å². The number of hydrogen-bond donors (Lipinski definition) is 1. The molecule has 0 spiro atoms. The maximum Gasteiger partial charge on any atom is 0.273 e. The van der Waals surface area contributed by atoms with Crippen LogP contribution in [0.3, 0.4) is 0 Å². The van der Waals surface area contributed by atoms with Crippen LogP contribution >= 0.6 is 0 Å². The van der Waals surface area contributed by atoms with Crippen molar-refractivity contribution in [2.24, 2.45) is 0 Å². The van der Waals surface area contributed by atoms with Gasteiger partial charge in [-0.15, -0.1) is 5.10 Å². The Morgan fingerprint density at radius 3 is 2.71 bits per heavy atom. The maximum absolute atomic E-state index is 12.3. The van der Waals surface area contributed by atoms with Gasteiger partial charge in [0.25, 0.3) is 5.91 Å². The first-order valence-electron chi connectivity index (χ1n) is 8.23. The molecule has 3 rings (SSSR count). The molecule has 1 saturated heterocycles. The summed E-state index contributed by atoms with van der Waals surface area (Å²) in [4.78, 5) is 14.6. The number of ether oxygens (including phenoxy) is 1. The summed E-state index contributed by atoms with van der Waals surface area (Å²) in [5, 5.41) is 10.9. The molecule has 0 radical (unpaired) electrons. The number of carbonyl (C=O) groups excluding carboxylic acids is 1. The third-order valence-electron chi connectivity index (χ3n) is 4.25. The van der Waals surface area contributed by atoms with Crippen LogP contribution < -0.4 is 5.32 Å². The zero-order chi connectivity index (χ0) is 16.9. The number of carbonyl (C=O) groups is 1. The number of amides is 1. The molecule has 1 aromatic heterocycles. The first-order chi connectivity index (χ1) is 11.6. The fourth-order valence-electron chi connectivity index (χ4n) is 2.67. The van der Waals surface area contributed by atoms with Crippen molar-refractivity contribution in [1.82, 2.24) is 25.2 Å². The first kappa shape index (κ1) is 16.6. The number of benzene rings is 1. The summed E-state index contributed by atoms with van der Waals surface area (Å²) in [6.07, 6.45) is 1.65. The monoisotopic (exact) mass is 329 g/mol. The lowest BCUT2D eigenvalue weighted by molar-refractivity contribution is 0.0204. The van der Waals surface area contributed by atoms with E-state index in [1.807, 2.05) is 31.2 Å². The molecule has 0 bridgehead atoms. The third kappa shape index (κ3) is 3.98. The van der Waals surface area contributed by atoms with Crippen LogP contribution in [0.15, 0.2) is 30.5 Å². The molecule has 0 saturated carbocycles. The molecule has 0 aliphatic carbocycles. The van der Waals surface area contributed by atoms with Gasteiger partial charge >= 0.3 is 0 Å². The van der Waals surface area contributed by atoms with Gasteiger partial charge in [-0.2, -0.15) is 0 Å². The van der Waals surface area contributed by atoms with Gasteiger partial charge in [0, 0.05) is 25.7 Å². The predicted molar refractivity (Wildman–Crippen MR) is 90.3 cm³/mol. The SMILES string of the molecule is Cc1ccc(-n2cc(C(=O)NC[C@H](C)N3CCOCC3)nn2)cc1. The summed E-state index contributed by atoms with van der Waals surface area (Å²) in [6, 6.07) is 8.17. The molecule has 1 aliphatic heterocycles. The molecule has 1 N–H and O–H groups in total. The van der Waals surface area contributed by atoms with Crippen LogP contribution in [0.4, 0.5) is 0 Å². The lowest BCUT2D eigenvalue weighted by Crippen LogP contribution is -2.47. The molecule has 1 aromatic carbocycles. The minimum absolute atomic E-state index is 0.200. The summed E-state index contributed by atoms with van der Waals surface area (Å²) >= 11 is 0. The lowest BCUT2D eigenvalue weighted by atomic mass is 10.2. The second-order valence-corrected chi connectivity index (χ2v) is 6.09. The molecule has 1 aliphatic rings. The van der Waals surface area contributed by atoms with Gasteiger partial charge in [0.05, 0.1) is 25.1 Å². The maximum atomic E-state index is 12.3. The van der Waals surface area contributed by atoms with Crippen LogP contribution in [0.1, 0.15) is 23.0 Å². The van der Waals surface area contributed by atoms with Gasteiger partial charge in [0.15, 0.2) is 5.69 Å². The van der Waals surface area contributed by atoms with E-state index in [1.165, 1.54) is 5.56 Å². The average molecular weight is 329 g/mol. The summed E-state index contributed by atoms with van der Waals surface area (Å²) in [5.74, 6) is -0.200. The fraction of sp³-hybridized carbons (Fsp3) is 0.471. The fourth-order valence-corrected chi connectivity index (χ4v) is 2.67. The molecule has 0 unspecified atom stereocenters. The summed E-state index contributed by atoms with van der Waals surface area (Å²) < 4.78 is 6.96. The summed E-state index contributed by atoms with van der Waals surface area (Å²) in [6.45, 7) is 8.03. The molecule has 7 heteroatoms. The normalized spacial score (nSPS) is 16.8. The third-order valence-corrected chi connectivity index (χ3v) is 4.25. The quantitative estimate of drug-likeness (QED) is 0.887. The Morgan fingerprint density at radius 2 is 2.00 bits per heavy atom. The number of aromatic nitrogens is 3. The Morgan fingerprint density at radius 1 is 1.29 bits per heavy atom. The molecular formula is C17H23N5O2. The summed E-state index contributed by atoms with van der Waals surface area (Å²) in [7, 11) is 0. The van der Waals surface area contributed by atoms with Crippen molar-refractivity contribution in [1.29, 1.82) is 0 Å². The first-order valence-corrected chi connectivity index (χ1v) is 8.23. The van der Waals surface area contributed by atoms with E-state index in [1.54, 1.807) is 10.9 Å². The zero-order valence-corrected chi connectivity index (χ0v) is 14.1. The highest BCUT2D eigenvalue weighted by atomic mass is 16.5. The molecular weight excluding hydrogens is 306 g/mol. The van der Waals surface area contributed by atoms with Crippen molar-refractivity contribution in [3.8, 4) is 5.69 Å². The molecule has 2 heterocycles. The summed E-state index contributed by atoms with van der Waals surface area (Å²) in [5.41, 5.74) is 2.38. The van der Waals surface area contributed by atoms with Crippen LogP contribution in [-0.2, 0) is 4.74 Å². The van der Waals surface area contributed by atoms with Crippen LogP contribution in [0.25, 0.3) is 5.69 Å². The van der Waals surface area contributed by atoms with Crippen LogP contribution in [-0.4, -0.2) is 64.7 Å². The molecule has 1 atom stereocenters. The number of nitrogens with zero attached hydrogens (tertiary/aromatic N) is 4. The molecule has 24 heavy (non-hydrogen) atoms. The minimum Gasteiger partial charge on any atom is -0.379 e. The highest BCUT2D eigenvalue weighted by Gasteiger charge is 2.18. The van der Waals surface area contributed by atoms with Gasteiger partial charge in [-0.1, -0.05) is 22.9 Å². The van der Waals surface area contributed by atoms with E-state index in [-0.39, 0.29) is 11.9 Å². The second-order valence-electron chi connectivity index (χ2n) is 6.09. The van der Waals surface area contributed by atoms with Crippen LogP contribution in [0.5, 0.6) is 0 Å². The van der Waals surface area contributed by atoms with Gasteiger partial charge in [0.2, 0.25) is 0 Å². The average Bonchev–Trinajstić information content (AvgIpc) is 3.11. The zero-order valence-electron chi connectivity index (χ0n) is 14.1. The molecule has 128 valence electrons. The minimum atomic E-state index is -0.200. The second kappa shape index (κ2) is 7.55. The van der Waals surface area contributed by atoms with Crippen molar-refractivity contribution in [2.45, 2.75) is 19.9 Å². The smallest absolute Gasteiger partial charge is 0.273 e. The molecule has 2 aromatic rings. The molecule has 1 fully saturated rings. The van der Waals surface area contributed by atoms with E-state index in [0.29, 0.717) is 12.2 Å².